The third-order valence-corrected chi connectivity index (χ3v) is 6.19. The number of fused-ring (bicyclic) bond motifs is 4. The summed E-state index contributed by atoms with van der Waals surface area (Å²) in [4.78, 5) is 11.6. The van der Waals surface area contributed by atoms with Crippen LogP contribution in [0.1, 0.15) is 45.4 Å². The number of hydrogen-bond donors (Lipinski definition) is 1. The van der Waals surface area contributed by atoms with Crippen molar-refractivity contribution in [1.29, 1.82) is 0 Å². The topological polar surface area (TPSA) is 37.3 Å². The minimum Gasteiger partial charge on any atom is -0.392 e. The second-order valence-corrected chi connectivity index (χ2v) is 7.11. The van der Waals surface area contributed by atoms with Crippen LogP contribution < -0.4 is 0 Å². The van der Waals surface area contributed by atoms with Crippen molar-refractivity contribution < 1.29 is 9.90 Å². The molecule has 0 aromatic carbocycles. The molecule has 4 rings (SSSR count). The van der Waals surface area contributed by atoms with Crippen LogP contribution >= 0.6 is 0 Å². The first-order valence-electron chi connectivity index (χ1n) is 7.94. The largest absolute Gasteiger partial charge is 0.392 e. The average Bonchev–Trinajstić information content (AvgIpc) is 2.74. The van der Waals surface area contributed by atoms with Crippen molar-refractivity contribution in [2.75, 3.05) is 0 Å². The predicted molar refractivity (Wildman–Crippen MR) is 78.1 cm³/mol. The SMILES string of the molecule is C[C@]12C=CC3=C4CCC(=O)C=C4CC[C@H]3[C@H]1CC[C@@H]2O. The summed E-state index contributed by atoms with van der Waals surface area (Å²) in [6.07, 6.45) is 12.1. The fourth-order valence-corrected chi connectivity index (χ4v) is 4.99. The molecule has 0 saturated heterocycles. The van der Waals surface area contributed by atoms with Gasteiger partial charge in [0.2, 0.25) is 0 Å². The number of hydrogen-bond acceptors (Lipinski definition) is 2. The highest BCUT2D eigenvalue weighted by Crippen LogP contribution is 2.57. The fourth-order valence-electron chi connectivity index (χ4n) is 4.99. The molecule has 4 atom stereocenters. The summed E-state index contributed by atoms with van der Waals surface area (Å²) < 4.78 is 0. The van der Waals surface area contributed by atoms with Crippen molar-refractivity contribution in [3.8, 4) is 0 Å². The normalized spacial score (nSPS) is 43.0. The van der Waals surface area contributed by atoms with Gasteiger partial charge >= 0.3 is 0 Å². The van der Waals surface area contributed by atoms with E-state index in [1.165, 1.54) is 16.7 Å². The summed E-state index contributed by atoms with van der Waals surface area (Å²) in [7, 11) is 0. The van der Waals surface area contributed by atoms with Gasteiger partial charge in [0.25, 0.3) is 0 Å². The standard InChI is InChI=1S/C18H22O2/c1-18-9-8-14-13-5-3-12(19)10-11(13)2-4-15(14)16(18)6-7-17(18)20/h8-10,15-17,20H,2-7H2,1H3/t15-,16-,17+,18+/m1/s1. The van der Waals surface area contributed by atoms with E-state index in [4.69, 9.17) is 0 Å². The number of rotatable bonds is 0. The van der Waals surface area contributed by atoms with Crippen LogP contribution in [-0.2, 0) is 4.79 Å². The monoisotopic (exact) mass is 270 g/mol. The Bertz CT molecular complexity index is 566. The number of aliphatic hydroxyl groups is 1. The number of allylic oxidation sites excluding steroid dienone is 5. The van der Waals surface area contributed by atoms with Crippen LogP contribution in [-0.4, -0.2) is 17.0 Å². The molecule has 0 aliphatic heterocycles. The van der Waals surface area contributed by atoms with Crippen molar-refractivity contribution in [3.63, 3.8) is 0 Å². The molecule has 20 heavy (non-hydrogen) atoms. The number of carbonyl (C=O) groups is 1. The Morgan fingerprint density at radius 1 is 1.20 bits per heavy atom. The lowest BCUT2D eigenvalue weighted by Crippen LogP contribution is -2.39. The van der Waals surface area contributed by atoms with Gasteiger partial charge in [0.05, 0.1) is 6.10 Å². The lowest BCUT2D eigenvalue weighted by molar-refractivity contribution is -0.114. The first-order valence-corrected chi connectivity index (χ1v) is 7.94. The van der Waals surface area contributed by atoms with Gasteiger partial charge in [-0.15, -0.1) is 0 Å². The molecule has 0 aromatic heterocycles. The number of carbonyl (C=O) groups excluding carboxylic acids is 1. The average molecular weight is 270 g/mol. The van der Waals surface area contributed by atoms with Crippen molar-refractivity contribution >= 4 is 5.78 Å². The minimum absolute atomic E-state index is 0.0274. The van der Waals surface area contributed by atoms with Gasteiger partial charge in [0.1, 0.15) is 0 Å². The van der Waals surface area contributed by atoms with E-state index in [0.717, 1.165) is 32.1 Å². The van der Waals surface area contributed by atoms with E-state index in [-0.39, 0.29) is 11.5 Å². The maximum Gasteiger partial charge on any atom is 0.156 e. The van der Waals surface area contributed by atoms with Crippen LogP contribution in [0.2, 0.25) is 0 Å². The molecule has 2 heteroatoms. The first-order chi connectivity index (χ1) is 9.59. The Balaban J connectivity index is 1.82. The second-order valence-electron chi connectivity index (χ2n) is 7.11. The van der Waals surface area contributed by atoms with Crippen LogP contribution in [0.15, 0.2) is 34.9 Å². The molecule has 1 saturated carbocycles. The molecular weight excluding hydrogens is 248 g/mol. The van der Waals surface area contributed by atoms with Gasteiger partial charge in [-0.05, 0) is 66.7 Å². The zero-order valence-corrected chi connectivity index (χ0v) is 12.1. The predicted octanol–water partition coefficient (Wildman–Crippen LogP) is 3.33. The summed E-state index contributed by atoms with van der Waals surface area (Å²) in [6.45, 7) is 2.23. The molecule has 0 amide bonds. The molecule has 1 N–H and O–H groups in total. The van der Waals surface area contributed by atoms with Crippen LogP contribution in [0.4, 0.5) is 0 Å². The van der Waals surface area contributed by atoms with Gasteiger partial charge in [0.15, 0.2) is 5.78 Å². The van der Waals surface area contributed by atoms with E-state index in [2.05, 4.69) is 19.1 Å². The molecule has 1 fully saturated rings. The first kappa shape index (κ1) is 12.6. The van der Waals surface area contributed by atoms with Crippen molar-refractivity contribution in [2.24, 2.45) is 17.3 Å². The van der Waals surface area contributed by atoms with E-state index in [9.17, 15) is 9.90 Å². The third-order valence-electron chi connectivity index (χ3n) is 6.19. The number of aliphatic hydroxyl groups excluding tert-OH is 1. The lowest BCUT2D eigenvalue weighted by atomic mass is 9.60. The fraction of sp³-hybridized carbons (Fsp3) is 0.611. The van der Waals surface area contributed by atoms with Crippen molar-refractivity contribution in [1.82, 2.24) is 0 Å². The number of ketones is 1. The molecule has 2 nitrogen and oxygen atoms in total. The zero-order chi connectivity index (χ0) is 13.9. The summed E-state index contributed by atoms with van der Waals surface area (Å²) >= 11 is 0. The van der Waals surface area contributed by atoms with Gasteiger partial charge in [-0.3, -0.25) is 4.79 Å². The molecule has 0 spiro atoms. The Hall–Kier alpha value is -1.15. The Labute approximate surface area is 120 Å². The molecular formula is C18H22O2. The smallest absolute Gasteiger partial charge is 0.156 e. The molecule has 0 radical (unpaired) electrons. The van der Waals surface area contributed by atoms with Gasteiger partial charge in [-0.25, -0.2) is 0 Å². The Morgan fingerprint density at radius 3 is 2.90 bits per heavy atom. The van der Waals surface area contributed by atoms with Crippen LogP contribution in [0.25, 0.3) is 0 Å². The van der Waals surface area contributed by atoms with Crippen LogP contribution in [0, 0.1) is 17.3 Å². The highest BCUT2D eigenvalue weighted by atomic mass is 16.3. The quantitative estimate of drug-likeness (QED) is 0.733. The molecule has 4 aliphatic rings. The molecule has 0 aromatic rings. The minimum atomic E-state index is -0.180. The van der Waals surface area contributed by atoms with E-state index in [1.54, 1.807) is 0 Å². The van der Waals surface area contributed by atoms with Gasteiger partial charge in [0, 0.05) is 11.8 Å². The van der Waals surface area contributed by atoms with E-state index >= 15 is 0 Å². The van der Waals surface area contributed by atoms with E-state index in [0.29, 0.717) is 24.0 Å². The Morgan fingerprint density at radius 2 is 2.05 bits per heavy atom. The molecule has 4 aliphatic carbocycles. The highest BCUT2D eigenvalue weighted by Gasteiger charge is 2.51. The van der Waals surface area contributed by atoms with E-state index in [1.807, 2.05) is 6.08 Å². The zero-order valence-electron chi connectivity index (χ0n) is 12.1. The summed E-state index contributed by atoms with van der Waals surface area (Å²) in [6, 6.07) is 0. The molecule has 0 unspecified atom stereocenters. The summed E-state index contributed by atoms with van der Waals surface area (Å²) in [5.74, 6) is 1.48. The Kier molecular flexibility index (Phi) is 2.62. The maximum absolute atomic E-state index is 11.6. The third kappa shape index (κ3) is 1.57. The van der Waals surface area contributed by atoms with Gasteiger partial charge in [-0.2, -0.15) is 0 Å². The maximum atomic E-state index is 11.6. The summed E-state index contributed by atoms with van der Waals surface area (Å²) in [5, 5.41) is 10.3. The van der Waals surface area contributed by atoms with Crippen LogP contribution in [0.3, 0.4) is 0 Å². The van der Waals surface area contributed by atoms with Crippen molar-refractivity contribution in [2.45, 2.75) is 51.6 Å². The second kappa shape index (κ2) is 4.17. The van der Waals surface area contributed by atoms with Crippen LogP contribution in [0.5, 0.6) is 0 Å². The molecule has 0 bridgehead atoms. The summed E-state index contributed by atoms with van der Waals surface area (Å²) in [5.41, 5.74) is 4.19. The van der Waals surface area contributed by atoms with E-state index < -0.39 is 0 Å². The highest BCUT2D eigenvalue weighted by molar-refractivity contribution is 5.93. The molecule has 106 valence electrons. The van der Waals surface area contributed by atoms with Gasteiger partial charge < -0.3 is 5.11 Å². The van der Waals surface area contributed by atoms with Crippen molar-refractivity contribution in [3.05, 3.63) is 34.9 Å². The van der Waals surface area contributed by atoms with Gasteiger partial charge in [-0.1, -0.05) is 19.1 Å². The lowest BCUT2D eigenvalue weighted by Gasteiger charge is -2.44. The molecule has 0 heterocycles.